The SMILES string of the molecule is CC1CC=C(c2c(-c3ccccc3)oc3ncnc(OC(C)CCCCC(=O)OC(C)(C)C)c23)CC1. The Kier molecular flexibility index (Phi) is 8.12. The fourth-order valence-corrected chi connectivity index (χ4v) is 4.63. The first-order valence-electron chi connectivity index (χ1n) is 13.1. The number of carbonyl (C=O) groups is 1. The minimum atomic E-state index is -0.446. The second kappa shape index (κ2) is 11.3. The average Bonchev–Trinajstić information content (AvgIpc) is 3.22. The number of allylic oxidation sites excluding steroid dienone is 2. The number of nitrogens with zero attached hydrogens (tertiary/aromatic N) is 2. The van der Waals surface area contributed by atoms with Crippen LogP contribution in [0, 0.1) is 5.92 Å². The first-order valence-corrected chi connectivity index (χ1v) is 13.1. The van der Waals surface area contributed by atoms with Crippen molar-refractivity contribution in [3.05, 3.63) is 48.3 Å². The first-order chi connectivity index (χ1) is 17.2. The van der Waals surface area contributed by atoms with Crippen LogP contribution in [0.4, 0.5) is 0 Å². The van der Waals surface area contributed by atoms with E-state index in [2.05, 4.69) is 35.1 Å². The lowest BCUT2D eigenvalue weighted by molar-refractivity contribution is -0.154. The van der Waals surface area contributed by atoms with E-state index in [0.717, 1.165) is 60.8 Å². The molecule has 1 aliphatic carbocycles. The zero-order valence-electron chi connectivity index (χ0n) is 22.2. The molecule has 2 unspecified atom stereocenters. The highest BCUT2D eigenvalue weighted by molar-refractivity contribution is 5.99. The predicted octanol–water partition coefficient (Wildman–Crippen LogP) is 7.76. The third-order valence-corrected chi connectivity index (χ3v) is 6.46. The summed E-state index contributed by atoms with van der Waals surface area (Å²) in [6, 6.07) is 10.2. The van der Waals surface area contributed by atoms with Crippen molar-refractivity contribution in [3.8, 4) is 17.2 Å². The standard InChI is InChI=1S/C30H38N2O4/c1-20-15-17-22(18-16-20)25-26-28(34-21(2)11-9-10-14-24(33)36-30(3,4)5)31-19-32-29(26)35-27(25)23-12-7-6-8-13-23/h6-8,12-13,17,19-21H,9-11,14-16,18H2,1-5H3. The van der Waals surface area contributed by atoms with Gasteiger partial charge in [-0.1, -0.05) is 43.3 Å². The molecule has 6 nitrogen and oxygen atoms in total. The van der Waals surface area contributed by atoms with Crippen molar-refractivity contribution in [2.45, 2.75) is 91.3 Å². The molecule has 36 heavy (non-hydrogen) atoms. The van der Waals surface area contributed by atoms with E-state index < -0.39 is 5.60 Å². The van der Waals surface area contributed by atoms with Crippen molar-refractivity contribution in [2.24, 2.45) is 5.92 Å². The van der Waals surface area contributed by atoms with Crippen LogP contribution < -0.4 is 4.74 Å². The maximum absolute atomic E-state index is 12.0. The smallest absolute Gasteiger partial charge is 0.306 e. The molecule has 4 rings (SSSR count). The van der Waals surface area contributed by atoms with Gasteiger partial charge >= 0.3 is 5.97 Å². The zero-order chi connectivity index (χ0) is 25.7. The van der Waals surface area contributed by atoms with Crippen LogP contribution in [-0.4, -0.2) is 27.6 Å². The molecule has 0 saturated heterocycles. The van der Waals surface area contributed by atoms with Gasteiger partial charge in [0, 0.05) is 17.5 Å². The van der Waals surface area contributed by atoms with Gasteiger partial charge in [0.1, 0.15) is 23.1 Å². The van der Waals surface area contributed by atoms with Crippen LogP contribution >= 0.6 is 0 Å². The Hall–Kier alpha value is -3.15. The topological polar surface area (TPSA) is 74.5 Å². The molecular weight excluding hydrogens is 452 g/mol. The van der Waals surface area contributed by atoms with Crippen LogP contribution in [-0.2, 0) is 9.53 Å². The number of carbonyl (C=O) groups excluding carboxylic acids is 1. The van der Waals surface area contributed by atoms with Crippen LogP contribution in [0.2, 0.25) is 0 Å². The van der Waals surface area contributed by atoms with E-state index in [-0.39, 0.29) is 12.1 Å². The van der Waals surface area contributed by atoms with Crippen LogP contribution in [0.5, 0.6) is 5.88 Å². The van der Waals surface area contributed by atoms with Crippen molar-refractivity contribution >= 4 is 22.6 Å². The summed E-state index contributed by atoms with van der Waals surface area (Å²) < 4.78 is 18.1. The summed E-state index contributed by atoms with van der Waals surface area (Å²) in [5.74, 6) is 1.90. The Morgan fingerprint density at radius 1 is 1.17 bits per heavy atom. The van der Waals surface area contributed by atoms with E-state index in [0.29, 0.717) is 23.9 Å². The van der Waals surface area contributed by atoms with Gasteiger partial charge < -0.3 is 13.9 Å². The number of ether oxygens (including phenoxy) is 2. The van der Waals surface area contributed by atoms with Crippen molar-refractivity contribution in [1.29, 1.82) is 0 Å². The number of fused-ring (bicyclic) bond motifs is 1. The van der Waals surface area contributed by atoms with E-state index in [1.165, 1.54) is 11.9 Å². The van der Waals surface area contributed by atoms with Crippen molar-refractivity contribution in [2.75, 3.05) is 0 Å². The number of unbranched alkanes of at least 4 members (excludes halogenated alkanes) is 1. The average molecular weight is 491 g/mol. The Morgan fingerprint density at radius 3 is 2.64 bits per heavy atom. The number of hydrogen-bond donors (Lipinski definition) is 0. The summed E-state index contributed by atoms with van der Waals surface area (Å²) in [6.07, 6.45) is 9.82. The zero-order valence-corrected chi connectivity index (χ0v) is 22.2. The first kappa shape index (κ1) is 25.9. The highest BCUT2D eigenvalue weighted by atomic mass is 16.6. The van der Waals surface area contributed by atoms with Gasteiger partial charge in [0.2, 0.25) is 11.6 Å². The summed E-state index contributed by atoms with van der Waals surface area (Å²) in [5, 5.41) is 0.845. The normalized spacial score (nSPS) is 17.0. The Balaban J connectivity index is 1.54. The number of aromatic nitrogens is 2. The van der Waals surface area contributed by atoms with Gasteiger partial charge in [0.05, 0.1) is 6.10 Å². The fourth-order valence-electron chi connectivity index (χ4n) is 4.63. The Bertz CT molecular complexity index is 1210. The molecule has 6 heteroatoms. The van der Waals surface area contributed by atoms with Crippen LogP contribution in [0.25, 0.3) is 28.0 Å². The molecule has 0 saturated carbocycles. The quantitative estimate of drug-likeness (QED) is 0.225. The maximum Gasteiger partial charge on any atom is 0.306 e. The van der Waals surface area contributed by atoms with Gasteiger partial charge in [-0.05, 0) is 77.7 Å². The molecule has 192 valence electrons. The fraction of sp³-hybridized carbons (Fsp3) is 0.500. The molecule has 2 atom stereocenters. The lowest BCUT2D eigenvalue weighted by Gasteiger charge is -2.20. The molecule has 3 aromatic rings. The molecule has 0 N–H and O–H groups in total. The second-order valence-corrected chi connectivity index (χ2v) is 10.9. The molecule has 1 aromatic carbocycles. The van der Waals surface area contributed by atoms with Gasteiger partial charge in [0.25, 0.3) is 0 Å². The molecule has 0 fully saturated rings. The van der Waals surface area contributed by atoms with Crippen LogP contribution in [0.1, 0.15) is 85.1 Å². The van der Waals surface area contributed by atoms with Gasteiger partial charge in [-0.25, -0.2) is 9.97 Å². The summed E-state index contributed by atoms with van der Waals surface area (Å²) in [7, 11) is 0. The lowest BCUT2D eigenvalue weighted by Crippen LogP contribution is -2.23. The minimum Gasteiger partial charge on any atom is -0.474 e. The van der Waals surface area contributed by atoms with Gasteiger partial charge in [0.15, 0.2) is 0 Å². The summed E-state index contributed by atoms with van der Waals surface area (Å²) in [4.78, 5) is 21.0. The van der Waals surface area contributed by atoms with E-state index in [4.69, 9.17) is 13.9 Å². The van der Waals surface area contributed by atoms with E-state index in [1.54, 1.807) is 0 Å². The predicted molar refractivity (Wildman–Crippen MR) is 143 cm³/mol. The Morgan fingerprint density at radius 2 is 1.94 bits per heavy atom. The Labute approximate surface area is 214 Å². The van der Waals surface area contributed by atoms with Crippen molar-refractivity contribution in [1.82, 2.24) is 9.97 Å². The third kappa shape index (κ3) is 6.54. The molecular formula is C30H38N2O4. The molecule has 1 aliphatic rings. The number of esters is 1. The summed E-state index contributed by atoms with van der Waals surface area (Å²) in [5.41, 5.74) is 3.45. The van der Waals surface area contributed by atoms with Crippen molar-refractivity contribution in [3.63, 3.8) is 0 Å². The highest BCUT2D eigenvalue weighted by Gasteiger charge is 2.26. The number of furan rings is 1. The molecule has 2 aromatic heterocycles. The van der Waals surface area contributed by atoms with E-state index in [1.807, 2.05) is 45.9 Å². The number of rotatable bonds is 9. The number of benzene rings is 1. The van der Waals surface area contributed by atoms with Crippen LogP contribution in [0.15, 0.2) is 47.2 Å². The highest BCUT2D eigenvalue weighted by Crippen LogP contribution is 2.44. The summed E-state index contributed by atoms with van der Waals surface area (Å²) in [6.45, 7) is 10.0. The molecule has 0 amide bonds. The second-order valence-electron chi connectivity index (χ2n) is 10.9. The van der Waals surface area contributed by atoms with Gasteiger partial charge in [-0.3, -0.25) is 4.79 Å². The largest absolute Gasteiger partial charge is 0.474 e. The molecule has 0 aliphatic heterocycles. The maximum atomic E-state index is 12.0. The van der Waals surface area contributed by atoms with Gasteiger partial charge in [-0.15, -0.1) is 0 Å². The van der Waals surface area contributed by atoms with E-state index >= 15 is 0 Å². The number of hydrogen-bond acceptors (Lipinski definition) is 6. The molecule has 2 heterocycles. The monoisotopic (exact) mass is 490 g/mol. The molecule has 0 radical (unpaired) electrons. The molecule has 0 spiro atoms. The van der Waals surface area contributed by atoms with Crippen molar-refractivity contribution < 1.29 is 18.7 Å². The lowest BCUT2D eigenvalue weighted by atomic mass is 9.86. The van der Waals surface area contributed by atoms with Crippen LogP contribution in [0.3, 0.4) is 0 Å². The van der Waals surface area contributed by atoms with Gasteiger partial charge in [-0.2, -0.15) is 0 Å². The summed E-state index contributed by atoms with van der Waals surface area (Å²) >= 11 is 0. The van der Waals surface area contributed by atoms with E-state index in [9.17, 15) is 4.79 Å². The third-order valence-electron chi connectivity index (χ3n) is 6.46. The molecule has 0 bridgehead atoms. The minimum absolute atomic E-state index is 0.0648.